The number of carbonyl (C=O) groups excluding carboxylic acids is 1. The molecule has 0 saturated heterocycles. The Bertz CT molecular complexity index is 377. The van der Waals surface area contributed by atoms with Crippen molar-refractivity contribution in [2.45, 2.75) is 69.4 Å². The Morgan fingerprint density at radius 1 is 1.15 bits per heavy atom. The highest BCUT2D eigenvalue weighted by molar-refractivity contribution is 7.87. The smallest absolute Gasteiger partial charge is 0.319 e. The third kappa shape index (κ3) is 4.58. The molecule has 0 aliphatic heterocycles. The summed E-state index contributed by atoms with van der Waals surface area (Å²) >= 11 is 0. The third-order valence-electron chi connectivity index (χ3n) is 3.77. The largest absolute Gasteiger partial charge is 0.480 e. The Morgan fingerprint density at radius 2 is 1.70 bits per heavy atom. The summed E-state index contributed by atoms with van der Waals surface area (Å²) in [6.07, 6.45) is 5.32. The van der Waals surface area contributed by atoms with Crippen molar-refractivity contribution < 1.29 is 18.9 Å². The zero-order valence-electron chi connectivity index (χ0n) is 12.4. The Labute approximate surface area is 123 Å². The van der Waals surface area contributed by atoms with Crippen LogP contribution in [0.1, 0.15) is 52.9 Å². The van der Waals surface area contributed by atoms with Crippen molar-refractivity contribution in [3.8, 4) is 0 Å². The van der Waals surface area contributed by atoms with Gasteiger partial charge in [-0.2, -0.15) is 0 Å². The number of hydrogen-bond donors (Lipinski definition) is 2. The van der Waals surface area contributed by atoms with Crippen molar-refractivity contribution in [1.82, 2.24) is 5.32 Å². The lowest BCUT2D eigenvalue weighted by atomic mass is 9.95. The predicted molar refractivity (Wildman–Crippen MR) is 78.9 cm³/mol. The van der Waals surface area contributed by atoms with E-state index in [9.17, 15) is 13.8 Å². The van der Waals surface area contributed by atoms with Gasteiger partial charge >= 0.3 is 5.97 Å². The monoisotopic (exact) mass is 303 g/mol. The van der Waals surface area contributed by atoms with E-state index in [-0.39, 0.29) is 17.9 Å². The van der Waals surface area contributed by atoms with Gasteiger partial charge in [-0.3, -0.25) is 13.8 Å². The molecular weight excluding hydrogens is 278 g/mol. The maximum absolute atomic E-state index is 12.3. The molecule has 1 saturated carbocycles. The molecule has 3 unspecified atom stereocenters. The van der Waals surface area contributed by atoms with E-state index in [2.05, 4.69) is 5.32 Å². The highest BCUT2D eigenvalue weighted by Crippen LogP contribution is 2.19. The molecule has 3 atom stereocenters. The quantitative estimate of drug-likeness (QED) is 0.782. The zero-order valence-corrected chi connectivity index (χ0v) is 13.2. The number of amides is 1. The molecule has 2 N–H and O–H groups in total. The van der Waals surface area contributed by atoms with Crippen LogP contribution in [-0.2, 0) is 20.4 Å². The lowest BCUT2D eigenvalue weighted by Gasteiger charge is -2.25. The number of carbonyl (C=O) groups is 2. The second-order valence-electron chi connectivity index (χ2n) is 5.82. The van der Waals surface area contributed by atoms with Crippen molar-refractivity contribution in [2.24, 2.45) is 5.92 Å². The van der Waals surface area contributed by atoms with E-state index in [1.165, 1.54) is 6.42 Å². The Kier molecular flexibility index (Phi) is 6.65. The van der Waals surface area contributed by atoms with Crippen LogP contribution in [0.4, 0.5) is 0 Å². The SMILES string of the molecule is CC(C)C(C(=O)O)S(=O)C(C)C(=O)NC1CCCCC1. The van der Waals surface area contributed by atoms with Crippen molar-refractivity contribution in [1.29, 1.82) is 0 Å². The van der Waals surface area contributed by atoms with Crippen molar-refractivity contribution in [3.63, 3.8) is 0 Å². The van der Waals surface area contributed by atoms with Crippen LogP contribution in [0.3, 0.4) is 0 Å². The molecule has 0 spiro atoms. The Morgan fingerprint density at radius 3 is 2.15 bits per heavy atom. The molecule has 1 aliphatic carbocycles. The molecular formula is C14H25NO4S. The highest BCUT2D eigenvalue weighted by atomic mass is 32.2. The number of nitrogens with one attached hydrogen (secondary N) is 1. The first kappa shape index (κ1) is 17.1. The second kappa shape index (κ2) is 7.76. The van der Waals surface area contributed by atoms with Crippen LogP contribution in [0, 0.1) is 5.92 Å². The van der Waals surface area contributed by atoms with Gasteiger partial charge in [0.2, 0.25) is 5.91 Å². The topological polar surface area (TPSA) is 83.5 Å². The average molecular weight is 303 g/mol. The standard InChI is InChI=1S/C14H25NO4S/c1-9(2)12(14(17)18)20(19)10(3)13(16)15-11-7-5-4-6-8-11/h9-12H,4-8H2,1-3H3,(H,15,16)(H,17,18). The molecule has 1 amide bonds. The summed E-state index contributed by atoms with van der Waals surface area (Å²) in [5, 5.41) is 10.3. The fourth-order valence-corrected chi connectivity index (χ4v) is 4.00. The molecule has 1 rings (SSSR count). The summed E-state index contributed by atoms with van der Waals surface area (Å²) in [5.41, 5.74) is 0. The van der Waals surface area contributed by atoms with Crippen LogP contribution in [0.5, 0.6) is 0 Å². The number of carboxylic acid groups (broad SMARTS) is 1. The first-order chi connectivity index (χ1) is 9.34. The molecule has 116 valence electrons. The van der Waals surface area contributed by atoms with Crippen LogP contribution in [0.25, 0.3) is 0 Å². The van der Waals surface area contributed by atoms with Gasteiger partial charge in [0.1, 0.15) is 10.5 Å². The molecule has 0 bridgehead atoms. The summed E-state index contributed by atoms with van der Waals surface area (Å²) in [7, 11) is -1.71. The van der Waals surface area contributed by atoms with Gasteiger partial charge < -0.3 is 10.4 Å². The second-order valence-corrected chi connectivity index (χ2v) is 7.69. The van der Waals surface area contributed by atoms with Gasteiger partial charge in [0, 0.05) is 16.8 Å². The highest BCUT2D eigenvalue weighted by Gasteiger charge is 2.35. The Balaban J connectivity index is 2.62. The van der Waals surface area contributed by atoms with Gasteiger partial charge in [-0.1, -0.05) is 33.1 Å². The van der Waals surface area contributed by atoms with E-state index >= 15 is 0 Å². The Hall–Kier alpha value is -0.910. The van der Waals surface area contributed by atoms with E-state index in [1.54, 1.807) is 20.8 Å². The molecule has 5 nitrogen and oxygen atoms in total. The molecule has 6 heteroatoms. The lowest BCUT2D eigenvalue weighted by Crippen LogP contribution is -2.46. The van der Waals surface area contributed by atoms with Gasteiger partial charge in [0.25, 0.3) is 0 Å². The van der Waals surface area contributed by atoms with E-state index in [0.29, 0.717) is 0 Å². The molecule has 0 radical (unpaired) electrons. The molecule has 1 fully saturated rings. The van der Waals surface area contributed by atoms with E-state index < -0.39 is 27.3 Å². The van der Waals surface area contributed by atoms with Crippen LogP contribution >= 0.6 is 0 Å². The van der Waals surface area contributed by atoms with Crippen LogP contribution < -0.4 is 5.32 Å². The molecule has 0 aromatic carbocycles. The van der Waals surface area contributed by atoms with Crippen molar-refractivity contribution in [3.05, 3.63) is 0 Å². The van der Waals surface area contributed by atoms with Crippen LogP contribution in [-0.4, -0.2) is 37.7 Å². The maximum Gasteiger partial charge on any atom is 0.319 e. The van der Waals surface area contributed by atoms with Crippen molar-refractivity contribution >= 4 is 22.7 Å². The number of aliphatic carboxylic acids is 1. The first-order valence-corrected chi connectivity index (χ1v) is 8.54. The maximum atomic E-state index is 12.3. The third-order valence-corrected chi connectivity index (χ3v) is 5.93. The molecule has 0 aromatic heterocycles. The van der Waals surface area contributed by atoms with E-state index in [1.807, 2.05) is 0 Å². The first-order valence-electron chi connectivity index (χ1n) is 7.27. The minimum absolute atomic E-state index is 0.151. The summed E-state index contributed by atoms with van der Waals surface area (Å²) in [4.78, 5) is 23.3. The fourth-order valence-electron chi connectivity index (χ4n) is 2.54. The number of carboxylic acids is 1. The van der Waals surface area contributed by atoms with Gasteiger partial charge in [0.15, 0.2) is 0 Å². The van der Waals surface area contributed by atoms with Crippen LogP contribution in [0.15, 0.2) is 0 Å². The van der Waals surface area contributed by atoms with Crippen LogP contribution in [0.2, 0.25) is 0 Å². The van der Waals surface area contributed by atoms with Crippen molar-refractivity contribution in [2.75, 3.05) is 0 Å². The normalized spacial score (nSPS) is 21.2. The van der Waals surface area contributed by atoms with E-state index in [4.69, 9.17) is 5.11 Å². The van der Waals surface area contributed by atoms with Gasteiger partial charge in [0.05, 0.1) is 0 Å². The fraction of sp³-hybridized carbons (Fsp3) is 0.857. The lowest BCUT2D eigenvalue weighted by molar-refractivity contribution is -0.137. The van der Waals surface area contributed by atoms with Gasteiger partial charge in [-0.15, -0.1) is 0 Å². The predicted octanol–water partition coefficient (Wildman–Crippen LogP) is 1.68. The minimum atomic E-state index is -1.71. The van der Waals surface area contributed by atoms with Gasteiger partial charge in [-0.05, 0) is 25.7 Å². The van der Waals surface area contributed by atoms with Gasteiger partial charge in [-0.25, -0.2) is 0 Å². The average Bonchev–Trinajstić information content (AvgIpc) is 2.37. The summed E-state index contributed by atoms with van der Waals surface area (Å²) in [6.45, 7) is 4.97. The summed E-state index contributed by atoms with van der Waals surface area (Å²) < 4.78 is 12.3. The summed E-state index contributed by atoms with van der Waals surface area (Å²) in [5.74, 6) is -1.66. The molecule has 0 aromatic rings. The molecule has 1 aliphatic rings. The molecule has 0 heterocycles. The number of hydrogen-bond acceptors (Lipinski definition) is 3. The zero-order chi connectivity index (χ0) is 15.3. The summed E-state index contributed by atoms with van der Waals surface area (Å²) in [6, 6.07) is 0.151. The van der Waals surface area contributed by atoms with E-state index in [0.717, 1.165) is 25.7 Å². The number of rotatable bonds is 6. The molecule has 20 heavy (non-hydrogen) atoms. The minimum Gasteiger partial charge on any atom is -0.480 e.